The van der Waals surface area contributed by atoms with Crippen molar-refractivity contribution in [3.8, 4) is 22.6 Å². The Morgan fingerprint density at radius 1 is 1.21 bits per heavy atom. The Bertz CT molecular complexity index is 1100. The van der Waals surface area contributed by atoms with Gasteiger partial charge in [0.25, 0.3) is 5.56 Å². The number of nitrogens with one attached hydrogen (secondary N) is 1. The standard InChI is InChI=1S/C21H20BrN3O3/c1-12-10-14(11-25(3)21(12)27)15-8-9-17(24-13(2)26)19(23)20(15)28-18-7-5-4-6-16(18)22/h4-11H,23H2,1-3H3,(H,24,26). The van der Waals surface area contributed by atoms with Crippen LogP contribution in [0.25, 0.3) is 11.1 Å². The van der Waals surface area contributed by atoms with Gasteiger partial charge in [-0.1, -0.05) is 12.1 Å². The maximum atomic E-state index is 12.1. The molecule has 7 heteroatoms. The first-order chi connectivity index (χ1) is 13.3. The summed E-state index contributed by atoms with van der Waals surface area (Å²) in [6.45, 7) is 3.17. The second-order valence-electron chi connectivity index (χ2n) is 6.45. The minimum absolute atomic E-state index is 0.0696. The first kappa shape index (κ1) is 19.7. The summed E-state index contributed by atoms with van der Waals surface area (Å²) in [6, 6.07) is 12.7. The van der Waals surface area contributed by atoms with Crippen LogP contribution in [-0.4, -0.2) is 10.5 Å². The molecule has 0 bridgehead atoms. The van der Waals surface area contributed by atoms with Crippen molar-refractivity contribution in [2.45, 2.75) is 13.8 Å². The molecule has 144 valence electrons. The molecule has 0 aliphatic rings. The molecule has 6 nitrogen and oxygen atoms in total. The Hall–Kier alpha value is -3.06. The van der Waals surface area contributed by atoms with E-state index in [-0.39, 0.29) is 11.5 Å². The molecule has 0 radical (unpaired) electrons. The van der Waals surface area contributed by atoms with Gasteiger partial charge in [-0.3, -0.25) is 9.59 Å². The normalized spacial score (nSPS) is 10.6. The van der Waals surface area contributed by atoms with E-state index in [1.165, 1.54) is 11.5 Å². The number of aryl methyl sites for hydroxylation is 2. The third kappa shape index (κ3) is 3.94. The average Bonchev–Trinajstić information content (AvgIpc) is 2.64. The van der Waals surface area contributed by atoms with Gasteiger partial charge < -0.3 is 20.4 Å². The van der Waals surface area contributed by atoms with Crippen LogP contribution in [0.3, 0.4) is 0 Å². The van der Waals surface area contributed by atoms with Crippen LogP contribution in [0.4, 0.5) is 11.4 Å². The quantitative estimate of drug-likeness (QED) is 0.585. The van der Waals surface area contributed by atoms with E-state index in [0.29, 0.717) is 34.0 Å². The van der Waals surface area contributed by atoms with Gasteiger partial charge in [0, 0.05) is 36.9 Å². The molecule has 1 heterocycles. The average molecular weight is 442 g/mol. The Labute approximate surface area is 171 Å². The molecule has 0 unspecified atom stereocenters. The Morgan fingerprint density at radius 3 is 2.57 bits per heavy atom. The van der Waals surface area contributed by atoms with E-state index in [0.717, 1.165) is 10.0 Å². The summed E-state index contributed by atoms with van der Waals surface area (Å²) in [5.74, 6) is 0.748. The maximum Gasteiger partial charge on any atom is 0.253 e. The Balaban J connectivity index is 2.22. The summed E-state index contributed by atoms with van der Waals surface area (Å²) in [6.07, 6.45) is 1.73. The van der Waals surface area contributed by atoms with E-state index in [9.17, 15) is 9.59 Å². The Kier molecular flexibility index (Phi) is 5.56. The van der Waals surface area contributed by atoms with E-state index in [1.54, 1.807) is 32.3 Å². The number of rotatable bonds is 4. The van der Waals surface area contributed by atoms with Crippen LogP contribution in [-0.2, 0) is 11.8 Å². The monoisotopic (exact) mass is 441 g/mol. The third-order valence-corrected chi connectivity index (χ3v) is 4.88. The zero-order chi connectivity index (χ0) is 20.4. The number of para-hydroxylation sites is 1. The number of nitrogens with zero attached hydrogens (tertiary/aromatic N) is 1. The van der Waals surface area contributed by atoms with E-state index in [4.69, 9.17) is 10.5 Å². The molecular formula is C21H20BrN3O3. The van der Waals surface area contributed by atoms with Crippen molar-refractivity contribution in [2.75, 3.05) is 11.1 Å². The molecule has 28 heavy (non-hydrogen) atoms. The van der Waals surface area contributed by atoms with Gasteiger partial charge in [0.1, 0.15) is 5.75 Å². The number of nitrogen functional groups attached to an aromatic ring is 1. The molecule has 0 saturated heterocycles. The van der Waals surface area contributed by atoms with Gasteiger partial charge in [-0.15, -0.1) is 0 Å². The second-order valence-corrected chi connectivity index (χ2v) is 7.30. The van der Waals surface area contributed by atoms with E-state index in [1.807, 2.05) is 30.3 Å². The number of hydrogen-bond acceptors (Lipinski definition) is 4. The predicted molar refractivity (Wildman–Crippen MR) is 115 cm³/mol. The fourth-order valence-electron chi connectivity index (χ4n) is 2.90. The van der Waals surface area contributed by atoms with Gasteiger partial charge in [-0.2, -0.15) is 0 Å². The number of aromatic nitrogens is 1. The minimum atomic E-state index is -0.232. The van der Waals surface area contributed by atoms with Crippen LogP contribution in [0, 0.1) is 6.92 Å². The number of pyridine rings is 1. The highest BCUT2D eigenvalue weighted by molar-refractivity contribution is 9.10. The number of nitrogens with two attached hydrogens (primary N) is 1. The first-order valence-electron chi connectivity index (χ1n) is 8.58. The van der Waals surface area contributed by atoms with Crippen molar-refractivity contribution < 1.29 is 9.53 Å². The van der Waals surface area contributed by atoms with Crippen molar-refractivity contribution in [3.63, 3.8) is 0 Å². The van der Waals surface area contributed by atoms with Gasteiger partial charge in [-0.25, -0.2) is 0 Å². The van der Waals surface area contributed by atoms with Gasteiger partial charge in [0.05, 0.1) is 15.8 Å². The number of carbonyl (C=O) groups excluding carboxylic acids is 1. The molecule has 0 aliphatic carbocycles. The smallest absolute Gasteiger partial charge is 0.253 e. The zero-order valence-electron chi connectivity index (χ0n) is 15.7. The van der Waals surface area contributed by atoms with Crippen LogP contribution < -0.4 is 21.3 Å². The summed E-state index contributed by atoms with van der Waals surface area (Å²) in [5, 5.41) is 2.71. The van der Waals surface area contributed by atoms with Crippen molar-refractivity contribution in [1.82, 2.24) is 4.57 Å². The summed E-state index contributed by atoms with van der Waals surface area (Å²) in [4.78, 5) is 23.6. The lowest BCUT2D eigenvalue weighted by molar-refractivity contribution is -0.114. The maximum absolute atomic E-state index is 12.1. The van der Waals surface area contributed by atoms with Crippen LogP contribution >= 0.6 is 15.9 Å². The number of carbonyl (C=O) groups is 1. The minimum Gasteiger partial charge on any atom is -0.453 e. The van der Waals surface area contributed by atoms with Gasteiger partial charge in [0.2, 0.25) is 5.91 Å². The lowest BCUT2D eigenvalue weighted by Gasteiger charge is -2.18. The van der Waals surface area contributed by atoms with Gasteiger partial charge >= 0.3 is 0 Å². The van der Waals surface area contributed by atoms with Gasteiger partial charge in [-0.05, 0) is 53.2 Å². The van der Waals surface area contributed by atoms with Crippen LogP contribution in [0.2, 0.25) is 0 Å². The molecule has 0 atom stereocenters. The highest BCUT2D eigenvalue weighted by Crippen LogP contribution is 2.43. The summed E-state index contributed by atoms with van der Waals surface area (Å²) < 4.78 is 8.43. The van der Waals surface area contributed by atoms with Crippen molar-refractivity contribution in [3.05, 3.63) is 69.1 Å². The SMILES string of the molecule is CC(=O)Nc1ccc(-c2cc(C)c(=O)n(C)c2)c(Oc2ccccc2Br)c1N. The van der Waals surface area contributed by atoms with Crippen LogP contribution in [0.15, 0.2) is 57.9 Å². The topological polar surface area (TPSA) is 86.3 Å². The molecule has 3 aromatic rings. The van der Waals surface area contributed by atoms with E-state index >= 15 is 0 Å². The third-order valence-electron chi connectivity index (χ3n) is 4.23. The van der Waals surface area contributed by atoms with Crippen molar-refractivity contribution >= 4 is 33.2 Å². The zero-order valence-corrected chi connectivity index (χ0v) is 17.3. The first-order valence-corrected chi connectivity index (χ1v) is 9.37. The van der Waals surface area contributed by atoms with Crippen molar-refractivity contribution in [1.29, 1.82) is 0 Å². The number of halogens is 1. The van der Waals surface area contributed by atoms with Gasteiger partial charge in [0.15, 0.2) is 5.75 Å². The number of ether oxygens (including phenoxy) is 1. The summed E-state index contributed by atoms with van der Waals surface area (Å²) in [5.41, 5.74) is 9.14. The molecule has 0 aliphatic heterocycles. The molecule has 0 fully saturated rings. The fourth-order valence-corrected chi connectivity index (χ4v) is 3.26. The lowest BCUT2D eigenvalue weighted by atomic mass is 10.0. The molecule has 3 N–H and O–H groups in total. The predicted octanol–water partition coefficient (Wildman–Crippen LogP) is 4.46. The lowest BCUT2D eigenvalue weighted by Crippen LogP contribution is -2.18. The van der Waals surface area contributed by atoms with E-state index in [2.05, 4.69) is 21.2 Å². The van der Waals surface area contributed by atoms with Crippen molar-refractivity contribution in [2.24, 2.45) is 7.05 Å². The number of amides is 1. The molecular weight excluding hydrogens is 422 g/mol. The van der Waals surface area contributed by atoms with E-state index < -0.39 is 0 Å². The molecule has 1 aromatic heterocycles. The molecule has 1 amide bonds. The fraction of sp³-hybridized carbons (Fsp3) is 0.143. The highest BCUT2D eigenvalue weighted by Gasteiger charge is 2.18. The molecule has 0 spiro atoms. The molecule has 0 saturated carbocycles. The number of benzene rings is 2. The molecule has 2 aromatic carbocycles. The number of anilines is 2. The molecule has 3 rings (SSSR count). The summed E-state index contributed by atoms with van der Waals surface area (Å²) in [7, 11) is 1.70. The van der Waals surface area contributed by atoms with Crippen LogP contribution in [0.1, 0.15) is 12.5 Å². The second kappa shape index (κ2) is 7.90. The largest absolute Gasteiger partial charge is 0.453 e. The Morgan fingerprint density at radius 2 is 1.93 bits per heavy atom. The number of hydrogen-bond donors (Lipinski definition) is 2. The highest BCUT2D eigenvalue weighted by atomic mass is 79.9. The van der Waals surface area contributed by atoms with Crippen LogP contribution in [0.5, 0.6) is 11.5 Å². The summed E-state index contributed by atoms with van der Waals surface area (Å²) >= 11 is 3.47.